The van der Waals surface area contributed by atoms with Gasteiger partial charge in [0.25, 0.3) is 0 Å². The smallest absolute Gasteiger partial charge is 0.0654 e. The van der Waals surface area contributed by atoms with Crippen LogP contribution in [0.1, 0.15) is 20.8 Å². The average molecular weight is 161 g/mol. The Morgan fingerprint density at radius 2 is 2.00 bits per heavy atom. The van der Waals surface area contributed by atoms with E-state index in [1.165, 1.54) is 0 Å². The molecule has 0 radical (unpaired) electrons. The van der Waals surface area contributed by atoms with Crippen LogP contribution in [0.4, 0.5) is 0 Å². The standard InChI is InChI=1S/C8H19NO2/c1-5-11-9-8(6-10-4)7(2)3/h7-9H,5-6H2,1-4H3. The predicted molar refractivity (Wildman–Crippen MR) is 45.3 cm³/mol. The highest BCUT2D eigenvalue weighted by Crippen LogP contribution is 2.01. The van der Waals surface area contributed by atoms with Gasteiger partial charge in [0.15, 0.2) is 0 Å². The molecule has 0 fully saturated rings. The maximum Gasteiger partial charge on any atom is 0.0654 e. The number of hydrogen-bond acceptors (Lipinski definition) is 3. The number of hydroxylamine groups is 1. The van der Waals surface area contributed by atoms with Crippen LogP contribution in [0, 0.1) is 5.92 Å². The molecule has 11 heavy (non-hydrogen) atoms. The van der Waals surface area contributed by atoms with Gasteiger partial charge in [-0.25, -0.2) is 0 Å². The zero-order chi connectivity index (χ0) is 8.69. The molecule has 68 valence electrons. The minimum atomic E-state index is 0.292. The van der Waals surface area contributed by atoms with Crippen LogP contribution in [-0.2, 0) is 9.57 Å². The van der Waals surface area contributed by atoms with Crippen molar-refractivity contribution in [1.29, 1.82) is 0 Å². The number of rotatable bonds is 6. The summed E-state index contributed by atoms with van der Waals surface area (Å²) in [6, 6.07) is 0.292. The van der Waals surface area contributed by atoms with Gasteiger partial charge in [0.2, 0.25) is 0 Å². The van der Waals surface area contributed by atoms with Crippen LogP contribution < -0.4 is 5.48 Å². The summed E-state index contributed by atoms with van der Waals surface area (Å²) in [7, 11) is 1.70. The molecule has 0 spiro atoms. The Labute approximate surface area is 69.0 Å². The Morgan fingerprint density at radius 1 is 1.36 bits per heavy atom. The van der Waals surface area contributed by atoms with Crippen LogP contribution in [0.25, 0.3) is 0 Å². The third kappa shape index (κ3) is 5.18. The summed E-state index contributed by atoms with van der Waals surface area (Å²) in [4.78, 5) is 5.08. The maximum absolute atomic E-state index is 5.08. The zero-order valence-corrected chi connectivity index (χ0v) is 7.89. The summed E-state index contributed by atoms with van der Waals surface area (Å²) < 4.78 is 5.02. The monoisotopic (exact) mass is 161 g/mol. The minimum Gasteiger partial charge on any atom is -0.383 e. The van der Waals surface area contributed by atoms with Gasteiger partial charge in [-0.15, -0.1) is 0 Å². The van der Waals surface area contributed by atoms with Crippen LogP contribution in [0.2, 0.25) is 0 Å². The van der Waals surface area contributed by atoms with E-state index in [-0.39, 0.29) is 0 Å². The number of methoxy groups -OCH3 is 1. The van der Waals surface area contributed by atoms with E-state index in [2.05, 4.69) is 19.3 Å². The van der Waals surface area contributed by atoms with Gasteiger partial charge >= 0.3 is 0 Å². The highest BCUT2D eigenvalue weighted by atomic mass is 16.6. The van der Waals surface area contributed by atoms with Crippen molar-refractivity contribution in [1.82, 2.24) is 5.48 Å². The molecule has 1 atom stereocenters. The Balaban J connectivity index is 3.51. The van der Waals surface area contributed by atoms with Crippen molar-refractivity contribution < 1.29 is 9.57 Å². The first-order valence-corrected chi connectivity index (χ1v) is 4.08. The van der Waals surface area contributed by atoms with Crippen LogP contribution in [0.3, 0.4) is 0 Å². The highest BCUT2D eigenvalue weighted by molar-refractivity contribution is 4.64. The van der Waals surface area contributed by atoms with Crippen molar-refractivity contribution >= 4 is 0 Å². The van der Waals surface area contributed by atoms with Gasteiger partial charge in [0.1, 0.15) is 0 Å². The lowest BCUT2D eigenvalue weighted by Gasteiger charge is -2.20. The van der Waals surface area contributed by atoms with Crippen molar-refractivity contribution in [2.24, 2.45) is 5.92 Å². The number of hydrogen-bond donors (Lipinski definition) is 1. The fourth-order valence-corrected chi connectivity index (χ4v) is 0.732. The second-order valence-electron chi connectivity index (χ2n) is 2.86. The third-order valence-corrected chi connectivity index (χ3v) is 1.53. The molecule has 3 nitrogen and oxygen atoms in total. The van der Waals surface area contributed by atoms with E-state index in [1.54, 1.807) is 7.11 Å². The lowest BCUT2D eigenvalue weighted by Crippen LogP contribution is -2.37. The largest absolute Gasteiger partial charge is 0.383 e. The zero-order valence-electron chi connectivity index (χ0n) is 7.89. The van der Waals surface area contributed by atoms with Crippen LogP contribution in [0.5, 0.6) is 0 Å². The molecular formula is C8H19NO2. The fourth-order valence-electron chi connectivity index (χ4n) is 0.732. The maximum atomic E-state index is 5.08. The van der Waals surface area contributed by atoms with Gasteiger partial charge in [-0.05, 0) is 12.8 Å². The molecular weight excluding hydrogens is 142 g/mol. The van der Waals surface area contributed by atoms with Gasteiger partial charge in [-0.1, -0.05) is 13.8 Å². The lowest BCUT2D eigenvalue weighted by molar-refractivity contribution is -0.0110. The quantitative estimate of drug-likeness (QED) is 0.594. The van der Waals surface area contributed by atoms with E-state index in [0.29, 0.717) is 25.2 Å². The topological polar surface area (TPSA) is 30.5 Å². The van der Waals surface area contributed by atoms with E-state index < -0.39 is 0 Å². The minimum absolute atomic E-state index is 0.292. The molecule has 0 aromatic heterocycles. The molecule has 0 saturated carbocycles. The summed E-state index contributed by atoms with van der Waals surface area (Å²) in [5.74, 6) is 0.529. The molecule has 3 heteroatoms. The van der Waals surface area contributed by atoms with Crippen molar-refractivity contribution in [3.8, 4) is 0 Å². The van der Waals surface area contributed by atoms with Crippen molar-refractivity contribution in [2.75, 3.05) is 20.3 Å². The highest BCUT2D eigenvalue weighted by Gasteiger charge is 2.11. The Morgan fingerprint density at radius 3 is 2.36 bits per heavy atom. The van der Waals surface area contributed by atoms with Crippen molar-refractivity contribution in [3.05, 3.63) is 0 Å². The third-order valence-electron chi connectivity index (χ3n) is 1.53. The van der Waals surface area contributed by atoms with Crippen LogP contribution in [-0.4, -0.2) is 26.4 Å². The first-order valence-electron chi connectivity index (χ1n) is 4.08. The van der Waals surface area contributed by atoms with E-state index in [0.717, 1.165) is 0 Å². The van der Waals surface area contributed by atoms with Gasteiger partial charge in [-0.3, -0.25) is 0 Å². The second-order valence-corrected chi connectivity index (χ2v) is 2.86. The molecule has 0 amide bonds. The van der Waals surface area contributed by atoms with Crippen molar-refractivity contribution in [3.63, 3.8) is 0 Å². The Hall–Kier alpha value is -0.120. The molecule has 0 aliphatic rings. The first-order chi connectivity index (χ1) is 5.22. The predicted octanol–water partition coefficient (Wildman–Crippen LogP) is 1.20. The average Bonchev–Trinajstić information content (AvgIpc) is 1.97. The van der Waals surface area contributed by atoms with Crippen LogP contribution >= 0.6 is 0 Å². The second kappa shape index (κ2) is 6.58. The lowest BCUT2D eigenvalue weighted by atomic mass is 10.1. The molecule has 0 saturated heterocycles. The first kappa shape index (κ1) is 10.9. The van der Waals surface area contributed by atoms with Gasteiger partial charge in [0.05, 0.1) is 19.3 Å². The summed E-state index contributed by atoms with van der Waals surface area (Å²) in [6.07, 6.45) is 0. The van der Waals surface area contributed by atoms with E-state index >= 15 is 0 Å². The normalized spacial score (nSPS) is 13.9. The Bertz CT molecular complexity index is 86.2. The van der Waals surface area contributed by atoms with E-state index in [9.17, 15) is 0 Å². The summed E-state index contributed by atoms with van der Waals surface area (Å²) in [5.41, 5.74) is 2.94. The Kier molecular flexibility index (Phi) is 6.51. The molecule has 0 aliphatic heterocycles. The molecule has 0 aromatic rings. The number of ether oxygens (including phenoxy) is 1. The molecule has 1 unspecified atom stereocenters. The van der Waals surface area contributed by atoms with E-state index in [4.69, 9.17) is 9.57 Å². The summed E-state index contributed by atoms with van der Waals surface area (Å²) in [6.45, 7) is 7.60. The summed E-state index contributed by atoms with van der Waals surface area (Å²) >= 11 is 0. The number of nitrogens with one attached hydrogen (secondary N) is 1. The summed E-state index contributed by atoms with van der Waals surface area (Å²) in [5, 5.41) is 0. The molecule has 1 N–H and O–H groups in total. The SMILES string of the molecule is CCONC(COC)C(C)C. The molecule has 0 aromatic carbocycles. The van der Waals surface area contributed by atoms with Gasteiger partial charge in [-0.2, -0.15) is 5.48 Å². The van der Waals surface area contributed by atoms with Crippen LogP contribution in [0.15, 0.2) is 0 Å². The van der Waals surface area contributed by atoms with Crippen molar-refractivity contribution in [2.45, 2.75) is 26.8 Å². The molecule has 0 aliphatic carbocycles. The van der Waals surface area contributed by atoms with E-state index in [1.807, 2.05) is 6.92 Å². The fraction of sp³-hybridized carbons (Fsp3) is 1.00. The molecule has 0 rings (SSSR count). The van der Waals surface area contributed by atoms with Gasteiger partial charge < -0.3 is 9.57 Å². The molecule has 0 heterocycles. The van der Waals surface area contributed by atoms with Gasteiger partial charge in [0, 0.05) is 7.11 Å². The molecule has 0 bridgehead atoms.